The van der Waals surface area contributed by atoms with Crippen LogP contribution in [0, 0.1) is 12.7 Å². The molecule has 168 valence electrons. The lowest BCUT2D eigenvalue weighted by molar-refractivity contribution is 0.0949. The van der Waals surface area contributed by atoms with Crippen LogP contribution in [-0.4, -0.2) is 30.4 Å². The summed E-state index contributed by atoms with van der Waals surface area (Å²) >= 11 is 6.18. The van der Waals surface area contributed by atoms with Crippen molar-refractivity contribution in [2.24, 2.45) is 0 Å². The van der Waals surface area contributed by atoms with Crippen LogP contribution in [0.25, 0.3) is 22.0 Å². The average molecular weight is 464 g/mol. The Morgan fingerprint density at radius 1 is 0.970 bits per heavy atom. The average Bonchev–Trinajstić information content (AvgIpc) is 3.18. The van der Waals surface area contributed by atoms with E-state index in [1.807, 2.05) is 37.3 Å². The molecule has 0 aliphatic heterocycles. The number of H-pyrrole nitrogens is 1. The Morgan fingerprint density at radius 3 is 2.45 bits per heavy atom. The molecule has 5 nitrogen and oxygen atoms in total. The first-order valence-corrected chi connectivity index (χ1v) is 10.9. The largest absolute Gasteiger partial charge is 0.357 e. The van der Waals surface area contributed by atoms with Crippen LogP contribution < -0.4 is 10.6 Å². The van der Waals surface area contributed by atoms with Crippen molar-refractivity contribution in [3.05, 3.63) is 93.9 Å². The molecule has 0 spiro atoms. The zero-order valence-corrected chi connectivity index (χ0v) is 19.0. The van der Waals surface area contributed by atoms with Crippen LogP contribution in [0.1, 0.15) is 32.0 Å². The highest BCUT2D eigenvalue weighted by atomic mass is 35.5. The van der Waals surface area contributed by atoms with Gasteiger partial charge >= 0.3 is 0 Å². The minimum absolute atomic E-state index is 0.152. The molecule has 0 unspecified atom stereocenters. The standard InChI is InChI=1S/C26H23ClFN3O2/c1-15-20(23-22(28)11-10-21(27)24(23)31-15)12-13-30-26(33)17-8-6-16(7-9-17)18-4-3-5-19(14-18)25(32)29-2/h3-11,14,31H,12-13H2,1-2H3,(H,29,32)(H,30,33). The van der Waals surface area contributed by atoms with Gasteiger partial charge in [-0.2, -0.15) is 0 Å². The molecular weight excluding hydrogens is 441 g/mol. The fraction of sp³-hybridized carbons (Fsp3) is 0.154. The van der Waals surface area contributed by atoms with E-state index >= 15 is 0 Å². The van der Waals surface area contributed by atoms with Crippen molar-refractivity contribution in [2.45, 2.75) is 13.3 Å². The van der Waals surface area contributed by atoms with Crippen LogP contribution in [0.15, 0.2) is 60.7 Å². The van der Waals surface area contributed by atoms with Gasteiger partial charge in [-0.3, -0.25) is 9.59 Å². The second-order valence-corrected chi connectivity index (χ2v) is 8.16. The quantitative estimate of drug-likeness (QED) is 0.364. The second-order valence-electron chi connectivity index (χ2n) is 7.75. The van der Waals surface area contributed by atoms with Crippen molar-refractivity contribution in [1.29, 1.82) is 0 Å². The smallest absolute Gasteiger partial charge is 0.251 e. The van der Waals surface area contributed by atoms with E-state index in [0.29, 0.717) is 40.0 Å². The first kappa shape index (κ1) is 22.6. The van der Waals surface area contributed by atoms with Crippen molar-refractivity contribution in [1.82, 2.24) is 15.6 Å². The number of aryl methyl sites for hydroxylation is 1. The number of nitrogens with one attached hydrogen (secondary N) is 3. The first-order chi connectivity index (χ1) is 15.9. The van der Waals surface area contributed by atoms with Gasteiger partial charge in [0.05, 0.1) is 10.5 Å². The normalized spacial score (nSPS) is 10.9. The predicted octanol–water partition coefficient (Wildman–Crippen LogP) is 5.27. The minimum atomic E-state index is -0.337. The number of carbonyl (C=O) groups excluding carboxylic acids is 2. The molecule has 0 bridgehead atoms. The molecule has 4 aromatic rings. The Morgan fingerprint density at radius 2 is 1.73 bits per heavy atom. The topological polar surface area (TPSA) is 74.0 Å². The number of hydrogen-bond donors (Lipinski definition) is 3. The van der Waals surface area contributed by atoms with Gasteiger partial charge in [0.15, 0.2) is 0 Å². The van der Waals surface area contributed by atoms with Crippen LogP contribution in [0.2, 0.25) is 5.02 Å². The second kappa shape index (κ2) is 9.46. The van der Waals surface area contributed by atoms with E-state index in [2.05, 4.69) is 15.6 Å². The molecule has 0 fully saturated rings. The molecule has 0 aliphatic rings. The lowest BCUT2D eigenvalue weighted by Gasteiger charge is -2.08. The van der Waals surface area contributed by atoms with Crippen LogP contribution in [0.5, 0.6) is 0 Å². The number of aromatic nitrogens is 1. The van der Waals surface area contributed by atoms with Crippen molar-refractivity contribution in [3.63, 3.8) is 0 Å². The van der Waals surface area contributed by atoms with Gasteiger partial charge in [-0.05, 0) is 66.4 Å². The molecule has 1 aromatic heterocycles. The van der Waals surface area contributed by atoms with Gasteiger partial charge in [-0.1, -0.05) is 35.9 Å². The molecular formula is C26H23ClFN3O2. The van der Waals surface area contributed by atoms with Crippen molar-refractivity contribution < 1.29 is 14.0 Å². The van der Waals surface area contributed by atoms with Crippen molar-refractivity contribution >= 4 is 34.3 Å². The molecule has 2 amide bonds. The van der Waals surface area contributed by atoms with E-state index < -0.39 is 0 Å². The Kier molecular flexibility index (Phi) is 6.47. The van der Waals surface area contributed by atoms with Crippen LogP contribution in [-0.2, 0) is 6.42 Å². The SMILES string of the molecule is CNC(=O)c1cccc(-c2ccc(C(=O)NCCc3c(C)[nH]c4c(Cl)ccc(F)c34)cc2)c1. The molecule has 0 aliphatic carbocycles. The fourth-order valence-corrected chi connectivity index (χ4v) is 4.14. The Labute approximate surface area is 196 Å². The number of halogens is 2. The third-order valence-electron chi connectivity index (χ3n) is 5.66. The summed E-state index contributed by atoms with van der Waals surface area (Å²) in [5, 5.41) is 6.44. The van der Waals surface area contributed by atoms with Gasteiger partial charge in [0.25, 0.3) is 11.8 Å². The molecule has 0 atom stereocenters. The van der Waals surface area contributed by atoms with E-state index in [0.717, 1.165) is 22.4 Å². The van der Waals surface area contributed by atoms with Crippen LogP contribution in [0.4, 0.5) is 4.39 Å². The lowest BCUT2D eigenvalue weighted by atomic mass is 10.0. The predicted molar refractivity (Wildman–Crippen MR) is 129 cm³/mol. The maximum atomic E-state index is 14.4. The molecule has 7 heteroatoms. The fourth-order valence-electron chi connectivity index (χ4n) is 3.93. The number of hydrogen-bond acceptors (Lipinski definition) is 2. The molecule has 33 heavy (non-hydrogen) atoms. The monoisotopic (exact) mass is 463 g/mol. The van der Waals surface area contributed by atoms with Gasteiger partial charge in [-0.25, -0.2) is 4.39 Å². The highest BCUT2D eigenvalue weighted by Gasteiger charge is 2.15. The summed E-state index contributed by atoms with van der Waals surface area (Å²) < 4.78 is 14.4. The number of benzene rings is 3. The number of carbonyl (C=O) groups is 2. The van der Waals surface area contributed by atoms with Gasteiger partial charge in [0.2, 0.25) is 0 Å². The van der Waals surface area contributed by atoms with Crippen LogP contribution >= 0.6 is 11.6 Å². The van der Waals surface area contributed by atoms with Crippen LogP contribution in [0.3, 0.4) is 0 Å². The first-order valence-electron chi connectivity index (χ1n) is 10.5. The summed E-state index contributed by atoms with van der Waals surface area (Å²) in [5.41, 5.74) is 5.09. The lowest BCUT2D eigenvalue weighted by Crippen LogP contribution is -2.25. The third kappa shape index (κ3) is 4.61. The van der Waals surface area contributed by atoms with Crippen molar-refractivity contribution in [3.8, 4) is 11.1 Å². The van der Waals surface area contributed by atoms with Crippen molar-refractivity contribution in [2.75, 3.05) is 13.6 Å². The molecule has 0 saturated carbocycles. The van der Waals surface area contributed by atoms with E-state index in [-0.39, 0.29) is 17.6 Å². The van der Waals surface area contributed by atoms with Gasteiger partial charge in [-0.15, -0.1) is 0 Å². The molecule has 4 rings (SSSR count). The van der Waals surface area contributed by atoms with E-state index in [1.165, 1.54) is 12.1 Å². The maximum Gasteiger partial charge on any atom is 0.251 e. The van der Waals surface area contributed by atoms with Gasteiger partial charge < -0.3 is 15.6 Å². The van der Waals surface area contributed by atoms with E-state index in [4.69, 9.17) is 11.6 Å². The Hall–Kier alpha value is -3.64. The molecule has 0 saturated heterocycles. The number of aromatic amines is 1. The van der Waals surface area contributed by atoms with E-state index in [9.17, 15) is 14.0 Å². The Bertz CT molecular complexity index is 1350. The molecule has 3 aromatic carbocycles. The molecule has 1 heterocycles. The summed E-state index contributed by atoms with van der Waals surface area (Å²) in [6.07, 6.45) is 0.471. The summed E-state index contributed by atoms with van der Waals surface area (Å²) in [7, 11) is 1.59. The minimum Gasteiger partial charge on any atom is -0.357 e. The number of fused-ring (bicyclic) bond motifs is 1. The molecule has 3 N–H and O–H groups in total. The highest BCUT2D eigenvalue weighted by Crippen LogP contribution is 2.30. The van der Waals surface area contributed by atoms with Gasteiger partial charge in [0.1, 0.15) is 5.82 Å². The van der Waals surface area contributed by atoms with E-state index in [1.54, 1.807) is 25.2 Å². The summed E-state index contributed by atoms with van der Waals surface area (Å²) in [4.78, 5) is 27.6. The highest BCUT2D eigenvalue weighted by molar-refractivity contribution is 6.35. The van der Waals surface area contributed by atoms with Gasteiger partial charge in [0, 0.05) is 35.8 Å². The zero-order valence-electron chi connectivity index (χ0n) is 18.3. The summed E-state index contributed by atoms with van der Waals surface area (Å²) in [5.74, 6) is -0.701. The maximum absolute atomic E-state index is 14.4. The molecule has 0 radical (unpaired) electrons. The summed E-state index contributed by atoms with van der Waals surface area (Å²) in [6, 6.07) is 17.4. The third-order valence-corrected chi connectivity index (χ3v) is 5.98. The summed E-state index contributed by atoms with van der Waals surface area (Å²) in [6.45, 7) is 2.22. The number of amides is 2. The zero-order chi connectivity index (χ0) is 23.5. The number of rotatable bonds is 6. The Balaban J connectivity index is 1.43.